The normalized spacial score (nSPS) is 39.9. The second-order valence-corrected chi connectivity index (χ2v) is 8.24. The van der Waals surface area contributed by atoms with E-state index in [1.165, 1.54) is 0 Å². The highest BCUT2D eigenvalue weighted by Crippen LogP contribution is 2.49. The van der Waals surface area contributed by atoms with Crippen LogP contribution in [0.1, 0.15) is 59.8 Å². The second kappa shape index (κ2) is 6.88. The maximum Gasteiger partial charge on any atom is 0.309 e. The quantitative estimate of drug-likeness (QED) is 0.379. The van der Waals surface area contributed by atoms with Crippen LogP contribution in [-0.2, 0) is 28.5 Å². The molecule has 2 saturated heterocycles. The molecule has 25 heavy (non-hydrogen) atoms. The van der Waals surface area contributed by atoms with E-state index in [2.05, 4.69) is 13.8 Å². The molecular weight excluding hydrogens is 324 g/mol. The fourth-order valence-electron chi connectivity index (χ4n) is 3.66. The minimum atomic E-state index is -0.243. The number of carbonyl (C=O) groups is 2. The molecule has 0 aromatic carbocycles. The Kier molecular flexibility index (Phi) is 5.13. The molecule has 3 fully saturated rings. The maximum atomic E-state index is 12.1. The third kappa shape index (κ3) is 4.34. The molecule has 6 heteroatoms. The van der Waals surface area contributed by atoms with Gasteiger partial charge in [-0.1, -0.05) is 6.92 Å². The summed E-state index contributed by atoms with van der Waals surface area (Å²) in [5.74, 6) is -0.703. The molecule has 0 bridgehead atoms. The Balaban J connectivity index is 1.26. The molecule has 0 N–H and O–H groups in total. The number of ether oxygens (including phenoxy) is 4. The van der Waals surface area contributed by atoms with Gasteiger partial charge in [0.05, 0.1) is 35.2 Å². The van der Waals surface area contributed by atoms with E-state index in [4.69, 9.17) is 18.9 Å². The Bertz CT molecular complexity index is 534. The monoisotopic (exact) mass is 354 g/mol. The molecule has 2 aliphatic heterocycles. The van der Waals surface area contributed by atoms with Gasteiger partial charge in [0.2, 0.25) is 0 Å². The SMILES string of the molecule is CC(CCC1(C)OC1C)C(=O)OCCOC(=O)C1CCC2(C)OC2C1. The summed E-state index contributed by atoms with van der Waals surface area (Å²) in [6.45, 7) is 8.29. The number of carbonyl (C=O) groups excluding carboxylic acids is 2. The molecule has 3 aliphatic rings. The summed E-state index contributed by atoms with van der Waals surface area (Å²) >= 11 is 0. The lowest BCUT2D eigenvalue weighted by Gasteiger charge is -2.21. The molecule has 1 aliphatic carbocycles. The van der Waals surface area contributed by atoms with E-state index in [1.54, 1.807) is 0 Å². The molecule has 3 rings (SSSR count). The van der Waals surface area contributed by atoms with E-state index in [1.807, 2.05) is 13.8 Å². The number of rotatable bonds is 8. The van der Waals surface area contributed by atoms with Gasteiger partial charge in [-0.3, -0.25) is 9.59 Å². The molecule has 0 aromatic heterocycles. The highest BCUT2D eigenvalue weighted by Gasteiger charge is 2.56. The first-order valence-electron chi connectivity index (χ1n) is 9.42. The van der Waals surface area contributed by atoms with Gasteiger partial charge in [-0.15, -0.1) is 0 Å². The first-order chi connectivity index (χ1) is 11.7. The van der Waals surface area contributed by atoms with Gasteiger partial charge in [0, 0.05) is 0 Å². The molecule has 0 amide bonds. The van der Waals surface area contributed by atoms with Crippen LogP contribution in [0.3, 0.4) is 0 Å². The Morgan fingerprint density at radius 2 is 1.88 bits per heavy atom. The number of hydrogen-bond acceptors (Lipinski definition) is 6. The van der Waals surface area contributed by atoms with Gasteiger partial charge in [-0.05, 0) is 52.9 Å². The summed E-state index contributed by atoms with van der Waals surface area (Å²) in [4.78, 5) is 24.0. The molecule has 1 saturated carbocycles. The summed E-state index contributed by atoms with van der Waals surface area (Å²) in [5, 5.41) is 0. The standard InChI is InChI=1S/C19H30O6/c1-12(5-7-18(3)13(2)24-18)16(20)22-9-10-23-17(21)14-6-8-19(4)15(11-14)25-19/h12-15H,5-11H2,1-4H3. The van der Waals surface area contributed by atoms with Crippen molar-refractivity contribution in [3.8, 4) is 0 Å². The van der Waals surface area contributed by atoms with Crippen molar-refractivity contribution >= 4 is 11.9 Å². The highest BCUT2D eigenvalue weighted by atomic mass is 16.6. The summed E-state index contributed by atoms with van der Waals surface area (Å²) in [6.07, 6.45) is 4.52. The Labute approximate surface area is 149 Å². The molecule has 6 unspecified atom stereocenters. The van der Waals surface area contributed by atoms with Crippen LogP contribution in [0.5, 0.6) is 0 Å². The molecule has 0 spiro atoms. The molecule has 142 valence electrons. The van der Waals surface area contributed by atoms with Gasteiger partial charge >= 0.3 is 11.9 Å². The van der Waals surface area contributed by atoms with E-state index in [0.717, 1.165) is 32.1 Å². The highest BCUT2D eigenvalue weighted by molar-refractivity contribution is 5.73. The third-order valence-corrected chi connectivity index (χ3v) is 6.15. The number of hydrogen-bond donors (Lipinski definition) is 0. The number of epoxide rings is 2. The smallest absolute Gasteiger partial charge is 0.309 e. The topological polar surface area (TPSA) is 77.7 Å². The van der Waals surface area contributed by atoms with Crippen LogP contribution in [0.15, 0.2) is 0 Å². The second-order valence-electron chi connectivity index (χ2n) is 8.24. The van der Waals surface area contributed by atoms with E-state index in [0.29, 0.717) is 0 Å². The molecule has 6 atom stereocenters. The van der Waals surface area contributed by atoms with Gasteiger partial charge in [0.15, 0.2) is 0 Å². The first kappa shape index (κ1) is 18.6. The van der Waals surface area contributed by atoms with Crippen LogP contribution in [0.25, 0.3) is 0 Å². The van der Waals surface area contributed by atoms with Crippen molar-refractivity contribution in [1.29, 1.82) is 0 Å². The van der Waals surface area contributed by atoms with Crippen molar-refractivity contribution in [2.75, 3.05) is 13.2 Å². The zero-order valence-electron chi connectivity index (χ0n) is 15.7. The van der Waals surface area contributed by atoms with E-state index >= 15 is 0 Å². The third-order valence-electron chi connectivity index (χ3n) is 6.15. The van der Waals surface area contributed by atoms with Crippen LogP contribution in [0.2, 0.25) is 0 Å². The lowest BCUT2D eigenvalue weighted by Crippen LogP contribution is -2.29. The minimum absolute atomic E-state index is 0.00279. The largest absolute Gasteiger partial charge is 0.462 e. The molecule has 2 heterocycles. The average molecular weight is 354 g/mol. The predicted molar refractivity (Wildman–Crippen MR) is 89.9 cm³/mol. The predicted octanol–water partition coefficient (Wildman–Crippen LogP) is 2.62. The summed E-state index contributed by atoms with van der Waals surface area (Å²) in [6, 6.07) is 0. The van der Waals surface area contributed by atoms with Gasteiger partial charge < -0.3 is 18.9 Å². The average Bonchev–Trinajstić information content (AvgIpc) is 3.42. The minimum Gasteiger partial charge on any atom is -0.462 e. The summed E-state index contributed by atoms with van der Waals surface area (Å²) < 4.78 is 21.6. The molecule has 0 aromatic rings. The van der Waals surface area contributed by atoms with Gasteiger partial charge in [-0.25, -0.2) is 0 Å². The van der Waals surface area contributed by atoms with Crippen molar-refractivity contribution in [3.63, 3.8) is 0 Å². The van der Waals surface area contributed by atoms with Crippen LogP contribution in [-0.4, -0.2) is 48.6 Å². The lowest BCUT2D eigenvalue weighted by molar-refractivity contribution is -0.157. The zero-order valence-corrected chi connectivity index (χ0v) is 15.7. The Morgan fingerprint density at radius 3 is 2.52 bits per heavy atom. The summed E-state index contributed by atoms with van der Waals surface area (Å²) in [5.41, 5.74) is -0.0752. The maximum absolute atomic E-state index is 12.1. The first-order valence-corrected chi connectivity index (χ1v) is 9.42. The Morgan fingerprint density at radius 1 is 1.20 bits per heavy atom. The lowest BCUT2D eigenvalue weighted by atomic mass is 9.83. The summed E-state index contributed by atoms with van der Waals surface area (Å²) in [7, 11) is 0. The van der Waals surface area contributed by atoms with Crippen molar-refractivity contribution < 1.29 is 28.5 Å². The van der Waals surface area contributed by atoms with Crippen molar-refractivity contribution in [2.24, 2.45) is 11.8 Å². The Hall–Kier alpha value is -1.14. The van der Waals surface area contributed by atoms with Crippen LogP contribution in [0.4, 0.5) is 0 Å². The van der Waals surface area contributed by atoms with E-state index < -0.39 is 0 Å². The van der Waals surface area contributed by atoms with Crippen LogP contribution in [0, 0.1) is 11.8 Å². The molecule has 0 radical (unpaired) electrons. The number of fused-ring (bicyclic) bond motifs is 1. The fraction of sp³-hybridized carbons (Fsp3) is 0.895. The van der Waals surface area contributed by atoms with Crippen molar-refractivity contribution in [1.82, 2.24) is 0 Å². The van der Waals surface area contributed by atoms with E-state index in [-0.39, 0.29) is 60.4 Å². The van der Waals surface area contributed by atoms with Gasteiger partial charge in [0.1, 0.15) is 13.2 Å². The van der Waals surface area contributed by atoms with Crippen LogP contribution >= 0.6 is 0 Å². The van der Waals surface area contributed by atoms with Crippen molar-refractivity contribution in [3.05, 3.63) is 0 Å². The molecule has 6 nitrogen and oxygen atoms in total. The zero-order chi connectivity index (χ0) is 18.2. The van der Waals surface area contributed by atoms with Crippen molar-refractivity contribution in [2.45, 2.75) is 83.2 Å². The van der Waals surface area contributed by atoms with Gasteiger partial charge in [-0.2, -0.15) is 0 Å². The van der Waals surface area contributed by atoms with Crippen LogP contribution < -0.4 is 0 Å². The molecular formula is C19H30O6. The van der Waals surface area contributed by atoms with Gasteiger partial charge in [0.25, 0.3) is 0 Å². The van der Waals surface area contributed by atoms with E-state index in [9.17, 15) is 9.59 Å². The number of esters is 2. The fourth-order valence-corrected chi connectivity index (χ4v) is 3.66.